The first-order valence-corrected chi connectivity index (χ1v) is 13.0. The van der Waals surface area contributed by atoms with Crippen LogP contribution >= 0.6 is 0 Å². The lowest BCUT2D eigenvalue weighted by Crippen LogP contribution is -2.37. The average Bonchev–Trinajstić information content (AvgIpc) is 3.47. The highest BCUT2D eigenvalue weighted by molar-refractivity contribution is 5.82. The van der Waals surface area contributed by atoms with Crippen LogP contribution in [0.2, 0.25) is 0 Å². The molecule has 2 heterocycles. The van der Waals surface area contributed by atoms with Crippen molar-refractivity contribution in [2.75, 3.05) is 19.6 Å². The van der Waals surface area contributed by atoms with Crippen LogP contribution in [0.4, 0.5) is 0 Å². The van der Waals surface area contributed by atoms with E-state index in [1.54, 1.807) is 13.8 Å². The molecule has 6 nitrogen and oxygen atoms in total. The van der Waals surface area contributed by atoms with E-state index < -0.39 is 5.60 Å². The van der Waals surface area contributed by atoms with E-state index in [0.29, 0.717) is 6.54 Å². The number of hydrogen-bond donors (Lipinski definition) is 2. The molecule has 1 amide bonds. The third-order valence-electron chi connectivity index (χ3n) is 7.76. The van der Waals surface area contributed by atoms with Gasteiger partial charge in [0.25, 0.3) is 0 Å². The summed E-state index contributed by atoms with van der Waals surface area (Å²) in [5.74, 6) is 7.26. The summed E-state index contributed by atoms with van der Waals surface area (Å²) in [7, 11) is 2.04. The SMILES string of the molecule is Cn1c(CCNC(=O)C2CC23CCN(Cc2ccc(C#CC(C)(C)O)cc2)CC3)nc2ccccc21. The van der Waals surface area contributed by atoms with Gasteiger partial charge in [0.2, 0.25) is 5.91 Å². The Morgan fingerprint density at radius 1 is 1.17 bits per heavy atom. The van der Waals surface area contributed by atoms with Gasteiger partial charge in [-0.1, -0.05) is 36.1 Å². The lowest BCUT2D eigenvalue weighted by atomic mass is 9.90. The molecule has 0 radical (unpaired) electrons. The van der Waals surface area contributed by atoms with Gasteiger partial charge in [-0.3, -0.25) is 9.69 Å². The summed E-state index contributed by atoms with van der Waals surface area (Å²) in [6, 6.07) is 16.4. The van der Waals surface area contributed by atoms with Gasteiger partial charge < -0.3 is 15.0 Å². The number of rotatable bonds is 6. The van der Waals surface area contributed by atoms with Crippen molar-refractivity contribution in [1.82, 2.24) is 19.8 Å². The largest absolute Gasteiger partial charge is 0.378 e. The average molecular weight is 485 g/mol. The Bertz CT molecular complexity index is 1300. The summed E-state index contributed by atoms with van der Waals surface area (Å²) in [6.45, 7) is 6.99. The van der Waals surface area contributed by atoms with E-state index >= 15 is 0 Å². The van der Waals surface area contributed by atoms with Crippen LogP contribution in [0, 0.1) is 23.2 Å². The molecule has 1 aliphatic carbocycles. The Labute approximate surface area is 213 Å². The summed E-state index contributed by atoms with van der Waals surface area (Å²) >= 11 is 0. The Morgan fingerprint density at radius 2 is 1.89 bits per heavy atom. The number of amides is 1. The molecule has 2 aliphatic rings. The van der Waals surface area contributed by atoms with Crippen LogP contribution in [0.1, 0.15) is 50.1 Å². The zero-order chi connectivity index (χ0) is 25.3. The number of fused-ring (bicyclic) bond motifs is 1. The van der Waals surface area contributed by atoms with Crippen molar-refractivity contribution in [1.29, 1.82) is 0 Å². The highest BCUT2D eigenvalue weighted by Crippen LogP contribution is 2.59. The molecular weight excluding hydrogens is 448 g/mol. The molecular formula is C30H36N4O2. The highest BCUT2D eigenvalue weighted by Gasteiger charge is 2.58. The van der Waals surface area contributed by atoms with Crippen LogP contribution in [0.3, 0.4) is 0 Å². The molecule has 5 rings (SSSR count). The second-order valence-electron chi connectivity index (χ2n) is 11.0. The van der Waals surface area contributed by atoms with Gasteiger partial charge in [0.15, 0.2) is 0 Å². The van der Waals surface area contributed by atoms with Crippen LogP contribution in [0.5, 0.6) is 0 Å². The number of carbonyl (C=O) groups excluding carboxylic acids is 1. The van der Waals surface area contributed by atoms with Gasteiger partial charge >= 0.3 is 0 Å². The van der Waals surface area contributed by atoms with E-state index in [9.17, 15) is 9.90 Å². The molecule has 1 unspecified atom stereocenters. The standard InChI is InChI=1S/C30H36N4O2/c1-29(2,36)14-12-22-8-10-23(11-9-22)21-34-18-15-30(16-19-34)20-24(30)28(35)31-17-13-27-32-25-6-4-5-7-26(25)33(27)3/h4-11,24,36H,13,15-21H2,1-3H3,(H,31,35). The van der Waals surface area contributed by atoms with Crippen molar-refractivity contribution < 1.29 is 9.90 Å². The minimum atomic E-state index is -0.978. The van der Waals surface area contributed by atoms with Gasteiger partial charge in [-0.05, 0) is 81.4 Å². The van der Waals surface area contributed by atoms with Gasteiger partial charge in [-0.2, -0.15) is 0 Å². The van der Waals surface area contributed by atoms with Crippen LogP contribution in [0.15, 0.2) is 48.5 Å². The third-order valence-corrected chi connectivity index (χ3v) is 7.76. The molecule has 36 heavy (non-hydrogen) atoms. The molecule has 1 atom stereocenters. The Hall–Kier alpha value is -3.14. The first kappa shape index (κ1) is 24.5. The van der Waals surface area contributed by atoms with E-state index in [2.05, 4.69) is 44.8 Å². The number of para-hydroxylation sites is 2. The first-order valence-electron chi connectivity index (χ1n) is 13.0. The molecule has 1 spiro atoms. The lowest BCUT2D eigenvalue weighted by molar-refractivity contribution is -0.123. The number of aromatic nitrogens is 2. The minimum Gasteiger partial charge on any atom is -0.378 e. The van der Waals surface area contributed by atoms with Gasteiger partial charge in [0.1, 0.15) is 11.4 Å². The third kappa shape index (κ3) is 5.48. The molecule has 2 N–H and O–H groups in total. The summed E-state index contributed by atoms with van der Waals surface area (Å²) < 4.78 is 2.12. The van der Waals surface area contributed by atoms with Crippen LogP contribution < -0.4 is 5.32 Å². The maximum atomic E-state index is 12.9. The van der Waals surface area contributed by atoms with E-state index in [0.717, 1.165) is 67.7 Å². The second kappa shape index (κ2) is 9.72. The van der Waals surface area contributed by atoms with Crippen LogP contribution in [0.25, 0.3) is 11.0 Å². The number of imidazole rings is 1. The Morgan fingerprint density at radius 3 is 2.58 bits per heavy atom. The van der Waals surface area contributed by atoms with Gasteiger partial charge in [-0.25, -0.2) is 4.98 Å². The van der Waals surface area contributed by atoms with Gasteiger partial charge in [0.05, 0.1) is 11.0 Å². The molecule has 3 aromatic rings. The number of likely N-dealkylation sites (tertiary alicyclic amines) is 1. The van der Waals surface area contributed by atoms with Crippen molar-refractivity contribution >= 4 is 16.9 Å². The topological polar surface area (TPSA) is 70.4 Å². The maximum Gasteiger partial charge on any atom is 0.223 e. The fourth-order valence-electron chi connectivity index (χ4n) is 5.44. The quantitative estimate of drug-likeness (QED) is 0.524. The molecule has 1 aromatic heterocycles. The number of aryl methyl sites for hydroxylation is 1. The lowest BCUT2D eigenvalue weighted by Gasteiger charge is -2.32. The van der Waals surface area contributed by atoms with E-state index in [4.69, 9.17) is 4.98 Å². The van der Waals surface area contributed by atoms with Crippen molar-refractivity contribution in [3.8, 4) is 11.8 Å². The highest BCUT2D eigenvalue weighted by atomic mass is 16.3. The summed E-state index contributed by atoms with van der Waals surface area (Å²) in [5, 5.41) is 12.9. The molecule has 1 saturated heterocycles. The van der Waals surface area contributed by atoms with Crippen LogP contribution in [-0.4, -0.2) is 50.7 Å². The minimum absolute atomic E-state index is 0.161. The van der Waals surface area contributed by atoms with Crippen LogP contribution in [-0.2, 0) is 24.8 Å². The predicted molar refractivity (Wildman–Crippen MR) is 142 cm³/mol. The normalized spacial score (nSPS) is 19.2. The van der Waals surface area contributed by atoms with E-state index in [1.807, 2.05) is 37.4 Å². The number of benzene rings is 2. The maximum absolute atomic E-state index is 12.9. The smallest absolute Gasteiger partial charge is 0.223 e. The number of nitrogens with zero attached hydrogens (tertiary/aromatic N) is 3. The molecule has 1 aliphatic heterocycles. The monoisotopic (exact) mass is 484 g/mol. The summed E-state index contributed by atoms with van der Waals surface area (Å²) in [5.41, 5.74) is 3.54. The summed E-state index contributed by atoms with van der Waals surface area (Å²) in [6.07, 6.45) is 3.94. The van der Waals surface area contributed by atoms with Gasteiger partial charge in [0, 0.05) is 38.0 Å². The van der Waals surface area contributed by atoms with Crippen molar-refractivity contribution in [2.45, 2.75) is 51.7 Å². The molecule has 188 valence electrons. The molecule has 2 fully saturated rings. The first-order chi connectivity index (χ1) is 17.2. The number of aliphatic hydroxyl groups is 1. The molecule has 0 bridgehead atoms. The Kier molecular flexibility index (Phi) is 6.63. The predicted octanol–water partition coefficient (Wildman–Crippen LogP) is 3.66. The van der Waals surface area contributed by atoms with Crippen molar-refractivity contribution in [3.63, 3.8) is 0 Å². The molecule has 6 heteroatoms. The number of piperidine rings is 1. The fraction of sp³-hybridized carbons (Fsp3) is 0.467. The second-order valence-corrected chi connectivity index (χ2v) is 11.0. The van der Waals surface area contributed by atoms with Crippen molar-refractivity contribution in [2.24, 2.45) is 18.4 Å². The molecule has 1 saturated carbocycles. The fourth-order valence-corrected chi connectivity index (χ4v) is 5.44. The Balaban J connectivity index is 1.06. The number of hydrogen-bond acceptors (Lipinski definition) is 4. The summed E-state index contributed by atoms with van der Waals surface area (Å²) in [4.78, 5) is 20.1. The van der Waals surface area contributed by atoms with Crippen molar-refractivity contribution in [3.05, 3.63) is 65.5 Å². The zero-order valence-electron chi connectivity index (χ0n) is 21.6. The number of carbonyl (C=O) groups is 1. The zero-order valence-corrected chi connectivity index (χ0v) is 21.6. The number of nitrogens with one attached hydrogen (secondary N) is 1. The molecule has 2 aromatic carbocycles. The van der Waals surface area contributed by atoms with E-state index in [1.165, 1.54) is 5.56 Å². The van der Waals surface area contributed by atoms with Gasteiger partial charge in [-0.15, -0.1) is 0 Å². The van der Waals surface area contributed by atoms with E-state index in [-0.39, 0.29) is 17.2 Å².